The highest BCUT2D eigenvalue weighted by molar-refractivity contribution is 8.01. The Labute approximate surface area is 101 Å². The Bertz CT molecular complexity index is 482. The van der Waals surface area contributed by atoms with Crippen LogP contribution in [0.25, 0.3) is 0 Å². The van der Waals surface area contributed by atoms with Crippen molar-refractivity contribution in [1.82, 2.24) is 4.98 Å². The summed E-state index contributed by atoms with van der Waals surface area (Å²) in [6.07, 6.45) is 0. The predicted octanol–water partition coefficient (Wildman–Crippen LogP) is 3.84. The van der Waals surface area contributed by atoms with Crippen LogP contribution in [0.4, 0.5) is 5.69 Å². The molecule has 0 bridgehead atoms. The summed E-state index contributed by atoms with van der Waals surface area (Å²) >= 11 is 9.09. The molecule has 2 N–H and O–H groups in total. The van der Waals surface area contributed by atoms with Crippen molar-refractivity contribution in [3.8, 4) is 0 Å². The van der Waals surface area contributed by atoms with Crippen LogP contribution in [0.2, 0.25) is 5.02 Å². The molecule has 2 aromatic rings. The van der Waals surface area contributed by atoms with Gasteiger partial charge in [0.1, 0.15) is 0 Å². The van der Waals surface area contributed by atoms with E-state index in [9.17, 15) is 0 Å². The summed E-state index contributed by atoms with van der Waals surface area (Å²) in [6, 6.07) is 5.62. The lowest BCUT2D eigenvalue weighted by atomic mass is 10.3. The molecular weight excluding hydrogens is 248 g/mol. The Balaban J connectivity index is 2.28. The van der Waals surface area contributed by atoms with Gasteiger partial charge >= 0.3 is 0 Å². The third kappa shape index (κ3) is 2.45. The van der Waals surface area contributed by atoms with E-state index in [2.05, 4.69) is 4.98 Å². The van der Waals surface area contributed by atoms with E-state index >= 15 is 0 Å². The van der Waals surface area contributed by atoms with Crippen molar-refractivity contribution >= 4 is 40.4 Å². The molecule has 78 valence electrons. The number of anilines is 1. The molecule has 15 heavy (non-hydrogen) atoms. The molecule has 0 amide bonds. The number of nitrogens with two attached hydrogens (primary N) is 1. The van der Waals surface area contributed by atoms with E-state index in [0.29, 0.717) is 10.7 Å². The second-order valence-corrected chi connectivity index (χ2v) is 5.56. The minimum absolute atomic E-state index is 0.591. The van der Waals surface area contributed by atoms with E-state index < -0.39 is 0 Å². The van der Waals surface area contributed by atoms with Crippen LogP contribution in [0.1, 0.15) is 5.69 Å². The lowest BCUT2D eigenvalue weighted by Gasteiger charge is -2.03. The van der Waals surface area contributed by atoms with E-state index in [1.54, 1.807) is 29.2 Å². The molecule has 1 aromatic carbocycles. The van der Waals surface area contributed by atoms with Gasteiger partial charge in [-0.15, -0.1) is 11.3 Å². The van der Waals surface area contributed by atoms with Crippen LogP contribution in [-0.2, 0) is 0 Å². The normalized spacial score (nSPS) is 10.5. The first-order valence-corrected chi connectivity index (χ1v) is 6.38. The number of rotatable bonds is 2. The van der Waals surface area contributed by atoms with Crippen LogP contribution in [-0.4, -0.2) is 4.98 Å². The van der Waals surface area contributed by atoms with Gasteiger partial charge < -0.3 is 5.73 Å². The molecule has 0 fully saturated rings. The largest absolute Gasteiger partial charge is 0.397 e. The van der Waals surface area contributed by atoms with E-state index in [4.69, 9.17) is 17.3 Å². The first-order chi connectivity index (χ1) is 7.16. The van der Waals surface area contributed by atoms with Gasteiger partial charge in [-0.25, -0.2) is 4.98 Å². The number of thiazole rings is 1. The molecule has 0 radical (unpaired) electrons. The fraction of sp³-hybridized carbons (Fsp3) is 0.100. The van der Waals surface area contributed by atoms with Gasteiger partial charge in [0.25, 0.3) is 0 Å². The van der Waals surface area contributed by atoms with E-state index in [1.165, 1.54) is 0 Å². The molecule has 0 saturated carbocycles. The maximum Gasteiger partial charge on any atom is 0.154 e. The van der Waals surface area contributed by atoms with Crippen molar-refractivity contribution in [3.05, 3.63) is 34.3 Å². The summed E-state index contributed by atoms with van der Waals surface area (Å²) in [5.74, 6) is 0. The minimum atomic E-state index is 0.591. The maximum absolute atomic E-state index is 5.93. The molecule has 0 aliphatic heterocycles. The Hall–Kier alpha value is -0.710. The fourth-order valence-corrected chi connectivity index (χ4v) is 3.18. The summed E-state index contributed by atoms with van der Waals surface area (Å²) in [5, 5.41) is 2.61. The molecule has 0 aliphatic rings. The number of nitrogen functional groups attached to an aromatic ring is 1. The highest BCUT2D eigenvalue weighted by Crippen LogP contribution is 2.36. The SMILES string of the molecule is Cc1csc(Sc2cccc(Cl)c2N)n1. The summed E-state index contributed by atoms with van der Waals surface area (Å²) < 4.78 is 0.987. The summed E-state index contributed by atoms with van der Waals surface area (Å²) in [7, 11) is 0. The standard InChI is InChI=1S/C10H9ClN2S2/c1-6-5-14-10(13-6)15-8-4-2-3-7(11)9(8)12/h2-5H,12H2,1H3. The Morgan fingerprint density at radius 3 is 2.93 bits per heavy atom. The van der Waals surface area contributed by atoms with E-state index in [-0.39, 0.29) is 0 Å². The predicted molar refractivity (Wildman–Crippen MR) is 66.8 cm³/mol. The smallest absolute Gasteiger partial charge is 0.154 e. The van der Waals surface area contributed by atoms with Crippen LogP contribution in [0.5, 0.6) is 0 Å². The van der Waals surface area contributed by atoms with Crippen molar-refractivity contribution in [3.63, 3.8) is 0 Å². The first-order valence-electron chi connectivity index (χ1n) is 4.31. The third-order valence-corrected chi connectivity index (χ3v) is 4.27. The molecular formula is C10H9ClN2S2. The van der Waals surface area contributed by atoms with Crippen LogP contribution >= 0.6 is 34.7 Å². The quantitative estimate of drug-likeness (QED) is 0.830. The summed E-state index contributed by atoms with van der Waals surface area (Å²) in [4.78, 5) is 5.32. The van der Waals surface area contributed by atoms with Crippen LogP contribution in [0.3, 0.4) is 0 Å². The second kappa shape index (κ2) is 4.43. The number of benzene rings is 1. The Morgan fingerprint density at radius 1 is 1.47 bits per heavy atom. The number of aryl methyl sites for hydroxylation is 1. The third-order valence-electron chi connectivity index (χ3n) is 1.81. The van der Waals surface area contributed by atoms with Crippen molar-refractivity contribution < 1.29 is 0 Å². The maximum atomic E-state index is 5.93. The first kappa shape index (κ1) is 10.8. The van der Waals surface area contributed by atoms with E-state index in [1.807, 2.05) is 24.4 Å². The second-order valence-electron chi connectivity index (χ2n) is 3.01. The van der Waals surface area contributed by atoms with E-state index in [0.717, 1.165) is 14.9 Å². The number of halogens is 1. The van der Waals surface area contributed by atoms with Gasteiger partial charge in [-0.1, -0.05) is 29.4 Å². The van der Waals surface area contributed by atoms with Crippen LogP contribution < -0.4 is 5.73 Å². The zero-order valence-corrected chi connectivity index (χ0v) is 10.4. The monoisotopic (exact) mass is 256 g/mol. The number of aromatic nitrogens is 1. The molecule has 0 saturated heterocycles. The molecule has 1 aromatic heterocycles. The van der Waals surface area contributed by atoms with Crippen molar-refractivity contribution in [2.75, 3.05) is 5.73 Å². The zero-order valence-electron chi connectivity index (χ0n) is 8.03. The van der Waals surface area contributed by atoms with Gasteiger partial charge in [0.05, 0.1) is 10.7 Å². The topological polar surface area (TPSA) is 38.9 Å². The van der Waals surface area contributed by atoms with Gasteiger partial charge in [-0.2, -0.15) is 0 Å². The highest BCUT2D eigenvalue weighted by Gasteiger charge is 2.07. The number of nitrogens with zero attached hydrogens (tertiary/aromatic N) is 1. The highest BCUT2D eigenvalue weighted by atomic mass is 35.5. The summed E-state index contributed by atoms with van der Waals surface area (Å²) in [5.41, 5.74) is 7.51. The van der Waals surface area contributed by atoms with Gasteiger partial charge in [0.15, 0.2) is 4.34 Å². The molecule has 1 heterocycles. The molecule has 2 rings (SSSR count). The molecule has 0 atom stereocenters. The van der Waals surface area contributed by atoms with Crippen LogP contribution in [0, 0.1) is 6.92 Å². The van der Waals surface area contributed by atoms with Crippen LogP contribution in [0.15, 0.2) is 32.8 Å². The fourth-order valence-electron chi connectivity index (χ4n) is 1.08. The number of hydrogen-bond acceptors (Lipinski definition) is 4. The molecule has 0 aliphatic carbocycles. The molecule has 0 unspecified atom stereocenters. The zero-order chi connectivity index (χ0) is 10.8. The Kier molecular flexibility index (Phi) is 3.19. The lowest BCUT2D eigenvalue weighted by Crippen LogP contribution is -1.89. The minimum Gasteiger partial charge on any atom is -0.397 e. The lowest BCUT2D eigenvalue weighted by molar-refractivity contribution is 1.16. The summed E-state index contributed by atoms with van der Waals surface area (Å²) in [6.45, 7) is 1.97. The van der Waals surface area contributed by atoms with Crippen molar-refractivity contribution in [2.24, 2.45) is 0 Å². The average Bonchev–Trinajstić information content (AvgIpc) is 2.59. The molecule has 2 nitrogen and oxygen atoms in total. The van der Waals surface area contributed by atoms with Gasteiger partial charge in [-0.05, 0) is 19.1 Å². The average molecular weight is 257 g/mol. The Morgan fingerprint density at radius 2 is 2.27 bits per heavy atom. The van der Waals surface area contributed by atoms with Crippen molar-refractivity contribution in [1.29, 1.82) is 0 Å². The number of para-hydroxylation sites is 1. The number of hydrogen-bond donors (Lipinski definition) is 1. The van der Waals surface area contributed by atoms with Crippen molar-refractivity contribution in [2.45, 2.75) is 16.2 Å². The van der Waals surface area contributed by atoms with Gasteiger partial charge in [-0.3, -0.25) is 0 Å². The van der Waals surface area contributed by atoms with Gasteiger partial charge in [0, 0.05) is 16.0 Å². The molecule has 5 heteroatoms. The molecule has 0 spiro atoms. The van der Waals surface area contributed by atoms with Gasteiger partial charge in [0.2, 0.25) is 0 Å².